The van der Waals surface area contributed by atoms with Crippen LogP contribution in [0, 0.1) is 30.7 Å². The number of allylic oxidation sites excluding steroid dienone is 1. The van der Waals surface area contributed by atoms with Gasteiger partial charge in [-0.05, 0) is 92.2 Å². The molecule has 0 N–H and O–H groups in total. The predicted octanol–water partition coefficient (Wildman–Crippen LogP) is 6.72. The first kappa shape index (κ1) is 24.4. The van der Waals surface area contributed by atoms with Crippen LogP contribution in [-0.4, -0.2) is 26.3 Å². The standard InChI is InChI=1S/C29H32ClNO3S/c1-19-5-9-22(10-6-19)35(32,33)29(18-30,31-3)27-14-13-26-25-11-7-20-17-21(34-4)8-12-23(20)24(25)15-16-28(26,27)2/h5-6,8-10,12,14,17,24-26H,7,11,13,15-16,18H2,1-2,4H3/t24-,25-,26+,28+,29?/m1/s1. The summed E-state index contributed by atoms with van der Waals surface area (Å²) in [7, 11) is -2.30. The van der Waals surface area contributed by atoms with Crippen molar-refractivity contribution in [1.82, 2.24) is 0 Å². The lowest BCUT2D eigenvalue weighted by Gasteiger charge is -2.51. The lowest BCUT2D eigenvalue weighted by Crippen LogP contribution is -2.49. The quantitative estimate of drug-likeness (QED) is 0.255. The van der Waals surface area contributed by atoms with Gasteiger partial charge in [0.15, 0.2) is 0 Å². The van der Waals surface area contributed by atoms with Crippen molar-refractivity contribution in [3.8, 4) is 5.75 Å². The first-order valence-corrected chi connectivity index (χ1v) is 14.4. The molecule has 3 aliphatic carbocycles. The van der Waals surface area contributed by atoms with E-state index in [0.717, 1.165) is 49.0 Å². The Labute approximate surface area is 214 Å². The number of fused-ring (bicyclic) bond motifs is 5. The number of methoxy groups -OCH3 is 1. The summed E-state index contributed by atoms with van der Waals surface area (Å²) in [5, 5.41) is 0. The molecule has 0 aliphatic heterocycles. The number of hydrogen-bond acceptors (Lipinski definition) is 3. The van der Waals surface area contributed by atoms with Crippen molar-refractivity contribution in [1.29, 1.82) is 0 Å². The Hall–Kier alpha value is -2.29. The van der Waals surface area contributed by atoms with Gasteiger partial charge in [-0.1, -0.05) is 36.8 Å². The summed E-state index contributed by atoms with van der Waals surface area (Å²) < 4.78 is 33.4. The second kappa shape index (κ2) is 8.68. The molecule has 5 rings (SSSR count). The SMILES string of the molecule is [C-]#[N+]C(CCl)(C1=CC[C@H]2[C@@H]3CCc4cc(OC)ccc4[C@H]3CC[C@]12C)S(=O)(=O)c1ccc(C)cc1. The molecular formula is C29H32ClNO3S. The molecule has 0 saturated heterocycles. The van der Waals surface area contributed by atoms with Gasteiger partial charge < -0.3 is 4.74 Å². The molecule has 0 spiro atoms. The first-order chi connectivity index (χ1) is 16.7. The Morgan fingerprint density at radius 2 is 1.94 bits per heavy atom. The molecule has 2 aromatic carbocycles. The lowest BCUT2D eigenvalue weighted by atomic mass is 9.54. The second-order valence-electron chi connectivity index (χ2n) is 10.6. The van der Waals surface area contributed by atoms with E-state index in [4.69, 9.17) is 22.9 Å². The van der Waals surface area contributed by atoms with Crippen LogP contribution < -0.4 is 4.74 Å². The Balaban J connectivity index is 1.53. The molecule has 35 heavy (non-hydrogen) atoms. The van der Waals surface area contributed by atoms with Crippen LogP contribution in [-0.2, 0) is 16.3 Å². The molecule has 0 amide bonds. The Bertz CT molecular complexity index is 1330. The fourth-order valence-corrected chi connectivity index (χ4v) is 9.60. The Morgan fingerprint density at radius 1 is 1.20 bits per heavy atom. The van der Waals surface area contributed by atoms with Crippen LogP contribution in [0.5, 0.6) is 5.75 Å². The molecule has 3 aliphatic rings. The van der Waals surface area contributed by atoms with Crippen molar-refractivity contribution < 1.29 is 13.2 Å². The van der Waals surface area contributed by atoms with Crippen LogP contribution in [0.4, 0.5) is 0 Å². The van der Waals surface area contributed by atoms with Crippen molar-refractivity contribution in [3.63, 3.8) is 0 Å². The minimum atomic E-state index is -4.01. The number of alkyl halides is 1. The van der Waals surface area contributed by atoms with Crippen molar-refractivity contribution in [2.24, 2.45) is 17.3 Å². The van der Waals surface area contributed by atoms with Crippen LogP contribution in [0.15, 0.2) is 59.0 Å². The average molecular weight is 510 g/mol. The summed E-state index contributed by atoms with van der Waals surface area (Å²) in [6.45, 7) is 12.2. The van der Waals surface area contributed by atoms with Crippen molar-refractivity contribution >= 4 is 21.4 Å². The van der Waals surface area contributed by atoms with Gasteiger partial charge in [0, 0.05) is 11.0 Å². The average Bonchev–Trinajstić information content (AvgIpc) is 3.22. The molecule has 5 atom stereocenters. The first-order valence-electron chi connectivity index (χ1n) is 12.4. The maximum Gasteiger partial charge on any atom is 0.368 e. The number of nitrogens with zero attached hydrogens (tertiary/aromatic N) is 1. The normalized spacial score (nSPS) is 29.1. The fraction of sp³-hybridized carbons (Fsp3) is 0.483. The van der Waals surface area contributed by atoms with Gasteiger partial charge in [0.25, 0.3) is 9.84 Å². The van der Waals surface area contributed by atoms with Gasteiger partial charge in [-0.25, -0.2) is 15.0 Å². The molecule has 0 heterocycles. The van der Waals surface area contributed by atoms with Crippen LogP contribution in [0.2, 0.25) is 0 Å². The van der Waals surface area contributed by atoms with Gasteiger partial charge >= 0.3 is 4.87 Å². The summed E-state index contributed by atoms with van der Waals surface area (Å²) in [5.74, 6) is 1.87. The molecule has 0 aromatic heterocycles. The van der Waals surface area contributed by atoms with Gasteiger partial charge in [-0.15, -0.1) is 11.6 Å². The Kier molecular flexibility index (Phi) is 6.05. The summed E-state index contributed by atoms with van der Waals surface area (Å²) in [6.07, 6.45) is 6.77. The molecule has 4 nitrogen and oxygen atoms in total. The molecule has 6 heteroatoms. The zero-order chi connectivity index (χ0) is 25.0. The molecule has 2 aromatic rings. The summed E-state index contributed by atoms with van der Waals surface area (Å²) in [5.41, 5.74) is 4.13. The summed E-state index contributed by atoms with van der Waals surface area (Å²) in [4.78, 5) is 2.22. The molecule has 1 fully saturated rings. The zero-order valence-corrected chi connectivity index (χ0v) is 22.1. The highest BCUT2D eigenvalue weighted by atomic mass is 35.5. The zero-order valence-electron chi connectivity index (χ0n) is 20.6. The number of aryl methyl sites for hydroxylation is 2. The highest BCUT2D eigenvalue weighted by molar-refractivity contribution is 7.93. The van der Waals surface area contributed by atoms with Gasteiger partial charge in [-0.3, -0.25) is 4.85 Å². The third-order valence-electron chi connectivity index (χ3n) is 9.07. The number of hydrogen-bond donors (Lipinski definition) is 0. The van der Waals surface area contributed by atoms with Crippen LogP contribution in [0.25, 0.3) is 4.85 Å². The smallest absolute Gasteiger partial charge is 0.368 e. The second-order valence-corrected chi connectivity index (χ2v) is 13.1. The van der Waals surface area contributed by atoms with E-state index in [0.29, 0.717) is 17.8 Å². The van der Waals surface area contributed by atoms with E-state index in [-0.39, 0.29) is 16.2 Å². The minimum Gasteiger partial charge on any atom is -0.497 e. The van der Waals surface area contributed by atoms with Gasteiger partial charge in [0.05, 0.1) is 12.0 Å². The van der Waals surface area contributed by atoms with E-state index in [2.05, 4.69) is 36.0 Å². The van der Waals surface area contributed by atoms with Crippen LogP contribution in [0.1, 0.15) is 55.2 Å². The highest BCUT2D eigenvalue weighted by Gasteiger charge is 2.64. The van der Waals surface area contributed by atoms with Crippen LogP contribution in [0.3, 0.4) is 0 Å². The maximum atomic E-state index is 14.0. The van der Waals surface area contributed by atoms with E-state index in [1.54, 1.807) is 31.4 Å². The number of sulfone groups is 1. The molecule has 0 radical (unpaired) electrons. The van der Waals surface area contributed by atoms with Crippen LogP contribution >= 0.6 is 11.6 Å². The number of benzene rings is 2. The lowest BCUT2D eigenvalue weighted by molar-refractivity contribution is 0.0719. The van der Waals surface area contributed by atoms with Crippen molar-refractivity contribution in [2.45, 2.75) is 61.6 Å². The third-order valence-corrected chi connectivity index (χ3v) is 11.9. The van der Waals surface area contributed by atoms with Crippen molar-refractivity contribution in [3.05, 3.63) is 82.2 Å². The minimum absolute atomic E-state index is 0.168. The van der Waals surface area contributed by atoms with E-state index in [1.807, 2.05) is 6.92 Å². The van der Waals surface area contributed by atoms with Crippen molar-refractivity contribution in [2.75, 3.05) is 13.0 Å². The maximum absolute atomic E-state index is 14.0. The third kappa shape index (κ3) is 3.48. The molecule has 0 bridgehead atoms. The van der Waals surface area contributed by atoms with E-state index >= 15 is 0 Å². The monoisotopic (exact) mass is 509 g/mol. The fourth-order valence-electron chi connectivity index (χ4n) is 7.21. The van der Waals surface area contributed by atoms with E-state index in [9.17, 15) is 8.42 Å². The largest absolute Gasteiger partial charge is 0.497 e. The Morgan fingerprint density at radius 3 is 2.60 bits per heavy atom. The number of ether oxygens (including phenoxy) is 1. The molecule has 1 unspecified atom stereocenters. The molecular weight excluding hydrogens is 478 g/mol. The number of rotatable bonds is 5. The van der Waals surface area contributed by atoms with Gasteiger partial charge in [0.2, 0.25) is 0 Å². The van der Waals surface area contributed by atoms with Gasteiger partial charge in [-0.2, -0.15) is 0 Å². The highest BCUT2D eigenvalue weighted by Crippen LogP contribution is 2.64. The van der Waals surface area contributed by atoms with E-state index in [1.165, 1.54) is 11.1 Å². The predicted molar refractivity (Wildman–Crippen MR) is 139 cm³/mol. The summed E-state index contributed by atoms with van der Waals surface area (Å²) >= 11 is 6.45. The molecule has 184 valence electrons. The molecule has 1 saturated carbocycles. The summed E-state index contributed by atoms with van der Waals surface area (Å²) in [6, 6.07) is 13.2. The number of halogens is 1. The topological polar surface area (TPSA) is 47.7 Å². The van der Waals surface area contributed by atoms with Gasteiger partial charge in [0.1, 0.15) is 11.6 Å². The van der Waals surface area contributed by atoms with E-state index < -0.39 is 14.7 Å².